The number of hydrogen-bond donors (Lipinski definition) is 1. The van der Waals surface area contributed by atoms with E-state index in [1.54, 1.807) is 13.8 Å². The molecule has 96 valence electrons. The van der Waals surface area contributed by atoms with E-state index in [2.05, 4.69) is 15.6 Å². The third-order valence-electron chi connectivity index (χ3n) is 2.86. The number of nitrogens with zero attached hydrogens (tertiary/aromatic N) is 4. The van der Waals surface area contributed by atoms with Crippen molar-refractivity contribution in [3.05, 3.63) is 12.4 Å². The van der Waals surface area contributed by atoms with Crippen LogP contribution in [0.2, 0.25) is 0 Å². The molecule has 1 aromatic rings. The molecule has 1 aromatic heterocycles. The molecule has 1 N–H and O–H groups in total. The van der Waals surface area contributed by atoms with E-state index in [-0.39, 0.29) is 19.0 Å². The van der Waals surface area contributed by atoms with Gasteiger partial charge in [-0.2, -0.15) is 0 Å². The van der Waals surface area contributed by atoms with Gasteiger partial charge in [0.1, 0.15) is 18.6 Å². The Morgan fingerprint density at radius 3 is 2.83 bits per heavy atom. The van der Waals surface area contributed by atoms with Crippen molar-refractivity contribution in [2.24, 2.45) is 0 Å². The van der Waals surface area contributed by atoms with Gasteiger partial charge in [0.05, 0.1) is 6.20 Å². The molecule has 1 aliphatic heterocycles. The summed E-state index contributed by atoms with van der Waals surface area (Å²) >= 11 is 0. The number of rotatable bonds is 2. The van der Waals surface area contributed by atoms with Crippen LogP contribution >= 0.6 is 0 Å². The topological polar surface area (TPSA) is 97.2 Å². The highest BCUT2D eigenvalue weighted by Crippen LogP contribution is 2.18. The standard InChI is InChI=1S/C10H13N5O3/c1-10(2)9(18)12-7(16)5-15(10)8(17)6-14-4-3-11-13-14/h3-4H,5-6H2,1-2H3,(H,12,16,18). The van der Waals surface area contributed by atoms with Crippen LogP contribution in [0, 0.1) is 0 Å². The average molecular weight is 251 g/mol. The number of hydrogen-bond acceptors (Lipinski definition) is 5. The summed E-state index contributed by atoms with van der Waals surface area (Å²) in [5.74, 6) is -1.31. The number of piperazine rings is 1. The minimum absolute atomic E-state index is 0.0516. The Hall–Kier alpha value is -2.25. The van der Waals surface area contributed by atoms with Crippen LogP contribution in [0.4, 0.5) is 0 Å². The Labute approximate surface area is 103 Å². The number of amides is 3. The number of nitrogens with one attached hydrogen (secondary N) is 1. The van der Waals surface area contributed by atoms with Crippen LogP contribution in [0.1, 0.15) is 13.8 Å². The van der Waals surface area contributed by atoms with Crippen molar-refractivity contribution in [2.45, 2.75) is 25.9 Å². The van der Waals surface area contributed by atoms with Crippen molar-refractivity contribution in [3.63, 3.8) is 0 Å². The molecule has 0 spiro atoms. The Balaban J connectivity index is 2.17. The van der Waals surface area contributed by atoms with Crippen LogP contribution in [0.15, 0.2) is 12.4 Å². The van der Waals surface area contributed by atoms with E-state index in [1.807, 2.05) is 0 Å². The lowest BCUT2D eigenvalue weighted by Gasteiger charge is -2.40. The minimum Gasteiger partial charge on any atom is -0.318 e. The van der Waals surface area contributed by atoms with Crippen LogP contribution in [0.3, 0.4) is 0 Å². The molecule has 8 heteroatoms. The highest BCUT2D eigenvalue weighted by atomic mass is 16.2. The van der Waals surface area contributed by atoms with Crippen LogP contribution in [0.25, 0.3) is 0 Å². The second kappa shape index (κ2) is 4.21. The van der Waals surface area contributed by atoms with Crippen molar-refractivity contribution in [1.29, 1.82) is 0 Å². The van der Waals surface area contributed by atoms with E-state index in [1.165, 1.54) is 22.0 Å². The Kier molecular flexibility index (Phi) is 2.85. The molecule has 18 heavy (non-hydrogen) atoms. The summed E-state index contributed by atoms with van der Waals surface area (Å²) in [6.45, 7) is 3.00. The monoisotopic (exact) mass is 251 g/mol. The van der Waals surface area contributed by atoms with Crippen molar-refractivity contribution in [1.82, 2.24) is 25.2 Å². The molecule has 0 unspecified atom stereocenters. The third-order valence-corrected chi connectivity index (χ3v) is 2.86. The Morgan fingerprint density at radius 1 is 1.50 bits per heavy atom. The summed E-state index contributed by atoms with van der Waals surface area (Å²) in [4.78, 5) is 36.3. The highest BCUT2D eigenvalue weighted by Gasteiger charge is 2.43. The van der Waals surface area contributed by atoms with Crippen molar-refractivity contribution in [2.75, 3.05) is 6.54 Å². The summed E-state index contributed by atoms with van der Waals surface area (Å²) in [7, 11) is 0. The lowest BCUT2D eigenvalue weighted by molar-refractivity contribution is -0.156. The van der Waals surface area contributed by atoms with Gasteiger partial charge < -0.3 is 4.90 Å². The molecule has 0 bridgehead atoms. The predicted octanol–water partition coefficient (Wildman–Crippen LogP) is -1.46. The molecule has 1 aliphatic rings. The Morgan fingerprint density at radius 2 is 2.22 bits per heavy atom. The van der Waals surface area contributed by atoms with Gasteiger partial charge in [0, 0.05) is 6.20 Å². The van der Waals surface area contributed by atoms with E-state index in [9.17, 15) is 14.4 Å². The normalized spacial score (nSPS) is 18.7. The van der Waals surface area contributed by atoms with Crippen molar-refractivity contribution < 1.29 is 14.4 Å². The summed E-state index contributed by atoms with van der Waals surface area (Å²) in [6, 6.07) is 0. The molecular weight excluding hydrogens is 238 g/mol. The lowest BCUT2D eigenvalue weighted by atomic mass is 9.98. The molecule has 1 saturated heterocycles. The molecule has 0 aromatic carbocycles. The number of aromatic nitrogens is 3. The number of carbonyl (C=O) groups is 3. The molecule has 8 nitrogen and oxygen atoms in total. The van der Waals surface area contributed by atoms with Gasteiger partial charge in [-0.05, 0) is 13.8 Å². The van der Waals surface area contributed by atoms with Gasteiger partial charge in [-0.15, -0.1) is 5.10 Å². The first kappa shape index (κ1) is 12.2. The molecule has 0 atom stereocenters. The second-order valence-corrected chi connectivity index (χ2v) is 4.52. The second-order valence-electron chi connectivity index (χ2n) is 4.52. The maximum atomic E-state index is 12.1. The zero-order valence-electron chi connectivity index (χ0n) is 10.1. The molecule has 2 rings (SSSR count). The van der Waals surface area contributed by atoms with Gasteiger partial charge >= 0.3 is 0 Å². The fourth-order valence-corrected chi connectivity index (χ4v) is 1.72. The maximum absolute atomic E-state index is 12.1. The summed E-state index contributed by atoms with van der Waals surface area (Å²) in [6.07, 6.45) is 2.99. The van der Waals surface area contributed by atoms with E-state index in [0.717, 1.165) is 0 Å². The molecule has 0 radical (unpaired) electrons. The van der Waals surface area contributed by atoms with Gasteiger partial charge in [0.15, 0.2) is 0 Å². The largest absolute Gasteiger partial charge is 0.318 e. The van der Waals surface area contributed by atoms with Crippen molar-refractivity contribution in [3.8, 4) is 0 Å². The zero-order chi connectivity index (χ0) is 13.3. The molecule has 2 heterocycles. The fraction of sp³-hybridized carbons (Fsp3) is 0.500. The first-order valence-corrected chi connectivity index (χ1v) is 5.40. The van der Waals surface area contributed by atoms with E-state index < -0.39 is 17.4 Å². The zero-order valence-corrected chi connectivity index (χ0v) is 10.1. The predicted molar refractivity (Wildman–Crippen MR) is 59.0 cm³/mol. The van der Waals surface area contributed by atoms with E-state index in [4.69, 9.17) is 0 Å². The summed E-state index contributed by atoms with van der Waals surface area (Å²) in [5.41, 5.74) is -1.05. The first-order valence-electron chi connectivity index (χ1n) is 5.40. The van der Waals surface area contributed by atoms with Gasteiger partial charge in [0.25, 0.3) is 5.91 Å². The fourth-order valence-electron chi connectivity index (χ4n) is 1.72. The molecule has 3 amide bonds. The first-order chi connectivity index (χ1) is 8.41. The van der Waals surface area contributed by atoms with E-state index in [0.29, 0.717) is 0 Å². The highest BCUT2D eigenvalue weighted by molar-refractivity contribution is 6.06. The Bertz CT molecular complexity index is 494. The minimum atomic E-state index is -1.05. The van der Waals surface area contributed by atoms with Crippen LogP contribution in [0.5, 0.6) is 0 Å². The molecule has 1 fully saturated rings. The number of carbonyl (C=O) groups excluding carboxylic acids is 3. The van der Waals surface area contributed by atoms with Gasteiger partial charge in [-0.25, -0.2) is 4.68 Å². The SMILES string of the molecule is CC1(C)C(=O)NC(=O)CN1C(=O)Cn1ccnn1. The smallest absolute Gasteiger partial charge is 0.252 e. The maximum Gasteiger partial charge on any atom is 0.252 e. The van der Waals surface area contributed by atoms with E-state index >= 15 is 0 Å². The lowest BCUT2D eigenvalue weighted by Crippen LogP contribution is -2.65. The number of imide groups is 1. The summed E-state index contributed by atoms with van der Waals surface area (Å²) in [5, 5.41) is 9.46. The van der Waals surface area contributed by atoms with Gasteiger partial charge in [-0.3, -0.25) is 19.7 Å². The summed E-state index contributed by atoms with van der Waals surface area (Å²) < 4.78 is 1.34. The van der Waals surface area contributed by atoms with Gasteiger partial charge in [0.2, 0.25) is 11.8 Å². The average Bonchev–Trinajstić information content (AvgIpc) is 2.76. The van der Waals surface area contributed by atoms with Crippen LogP contribution in [-0.4, -0.2) is 49.7 Å². The third kappa shape index (κ3) is 2.08. The van der Waals surface area contributed by atoms with Crippen LogP contribution < -0.4 is 5.32 Å². The quantitative estimate of drug-likeness (QED) is 0.648. The molecule has 0 saturated carbocycles. The molecule has 0 aliphatic carbocycles. The molecular formula is C10H13N5O3. The van der Waals surface area contributed by atoms with Crippen molar-refractivity contribution >= 4 is 17.7 Å². The van der Waals surface area contributed by atoms with Gasteiger partial charge in [-0.1, -0.05) is 5.21 Å². The van der Waals surface area contributed by atoms with Crippen LogP contribution in [-0.2, 0) is 20.9 Å².